The SMILES string of the molecule is O=C(CN1C(=O)[C@@H]2[C@@H](C1=O)[C@H]1C=C[C@@H]2C1)NCCC1=CCCCC1. The van der Waals surface area contributed by atoms with Gasteiger partial charge in [0.2, 0.25) is 17.7 Å². The molecule has 3 amide bonds. The Balaban J connectivity index is 1.29. The van der Waals surface area contributed by atoms with Gasteiger partial charge in [0.1, 0.15) is 6.54 Å². The summed E-state index contributed by atoms with van der Waals surface area (Å²) in [6.07, 6.45) is 12.9. The van der Waals surface area contributed by atoms with Crippen LogP contribution in [0.15, 0.2) is 23.8 Å². The van der Waals surface area contributed by atoms with Crippen molar-refractivity contribution < 1.29 is 14.4 Å². The van der Waals surface area contributed by atoms with E-state index in [2.05, 4.69) is 23.5 Å². The molecule has 0 unspecified atom stereocenters. The number of allylic oxidation sites excluding steroid dienone is 3. The summed E-state index contributed by atoms with van der Waals surface area (Å²) in [5, 5.41) is 2.86. The van der Waals surface area contributed by atoms with Gasteiger partial charge in [0, 0.05) is 6.54 Å². The van der Waals surface area contributed by atoms with Crippen molar-refractivity contribution in [3.05, 3.63) is 23.8 Å². The molecule has 1 saturated heterocycles. The van der Waals surface area contributed by atoms with E-state index in [1.54, 1.807) is 0 Å². The lowest BCUT2D eigenvalue weighted by molar-refractivity contribution is -0.144. The van der Waals surface area contributed by atoms with Gasteiger partial charge in [-0.2, -0.15) is 0 Å². The van der Waals surface area contributed by atoms with E-state index < -0.39 is 0 Å². The molecule has 0 radical (unpaired) electrons. The third-order valence-electron chi connectivity index (χ3n) is 6.02. The molecule has 1 heterocycles. The second-order valence-corrected chi connectivity index (χ2v) is 7.47. The molecule has 2 fully saturated rings. The molecular weight excluding hydrogens is 304 g/mol. The minimum atomic E-state index is -0.228. The number of hydrogen-bond acceptors (Lipinski definition) is 3. The highest BCUT2D eigenvalue weighted by atomic mass is 16.2. The van der Waals surface area contributed by atoms with E-state index in [1.165, 1.54) is 23.3 Å². The molecule has 24 heavy (non-hydrogen) atoms. The Morgan fingerprint density at radius 3 is 2.46 bits per heavy atom. The Hall–Kier alpha value is -1.91. The monoisotopic (exact) mass is 328 g/mol. The van der Waals surface area contributed by atoms with Gasteiger partial charge in [-0.05, 0) is 50.4 Å². The van der Waals surface area contributed by atoms with Gasteiger partial charge < -0.3 is 5.32 Å². The zero-order valence-corrected chi connectivity index (χ0v) is 13.9. The maximum Gasteiger partial charge on any atom is 0.240 e. The largest absolute Gasteiger partial charge is 0.354 e. The maximum absolute atomic E-state index is 12.5. The first kappa shape index (κ1) is 15.6. The molecule has 3 aliphatic carbocycles. The van der Waals surface area contributed by atoms with E-state index in [4.69, 9.17) is 0 Å². The van der Waals surface area contributed by atoms with Crippen molar-refractivity contribution in [2.75, 3.05) is 13.1 Å². The fraction of sp³-hybridized carbons (Fsp3) is 0.632. The normalized spacial score (nSPS) is 33.8. The number of hydrogen-bond donors (Lipinski definition) is 1. The van der Waals surface area contributed by atoms with Gasteiger partial charge in [0.25, 0.3) is 0 Å². The van der Waals surface area contributed by atoms with E-state index >= 15 is 0 Å². The Kier molecular flexibility index (Phi) is 4.02. The molecule has 1 N–H and O–H groups in total. The molecule has 5 heteroatoms. The number of fused-ring (bicyclic) bond motifs is 5. The number of carbonyl (C=O) groups is 3. The van der Waals surface area contributed by atoms with E-state index in [0.717, 1.165) is 25.7 Å². The molecule has 1 aliphatic heterocycles. The first-order chi connectivity index (χ1) is 11.6. The highest BCUT2D eigenvalue weighted by Gasteiger charge is 2.59. The van der Waals surface area contributed by atoms with Gasteiger partial charge >= 0.3 is 0 Å². The minimum absolute atomic E-state index is 0.122. The number of nitrogens with one attached hydrogen (secondary N) is 1. The number of nitrogens with zero attached hydrogens (tertiary/aromatic N) is 1. The van der Waals surface area contributed by atoms with Gasteiger partial charge in [-0.25, -0.2) is 0 Å². The molecule has 0 spiro atoms. The summed E-state index contributed by atoms with van der Waals surface area (Å²) in [4.78, 5) is 38.4. The molecule has 5 nitrogen and oxygen atoms in total. The number of carbonyl (C=O) groups excluding carboxylic acids is 3. The lowest BCUT2D eigenvalue weighted by Gasteiger charge is -2.17. The first-order valence-corrected chi connectivity index (χ1v) is 9.13. The van der Waals surface area contributed by atoms with Crippen LogP contribution in [0.5, 0.6) is 0 Å². The van der Waals surface area contributed by atoms with Crippen LogP contribution in [0.25, 0.3) is 0 Å². The van der Waals surface area contributed by atoms with Crippen LogP contribution in [0, 0.1) is 23.7 Å². The molecule has 4 rings (SSSR count). The summed E-state index contributed by atoms with van der Waals surface area (Å²) in [6, 6.07) is 0. The van der Waals surface area contributed by atoms with Gasteiger partial charge in [-0.1, -0.05) is 23.8 Å². The third kappa shape index (κ3) is 2.60. The molecule has 2 bridgehead atoms. The zero-order chi connectivity index (χ0) is 16.7. The van der Waals surface area contributed by atoms with E-state index in [9.17, 15) is 14.4 Å². The predicted molar refractivity (Wildman–Crippen MR) is 88.6 cm³/mol. The number of rotatable bonds is 5. The van der Waals surface area contributed by atoms with Crippen LogP contribution in [0.3, 0.4) is 0 Å². The molecule has 128 valence electrons. The molecule has 0 aromatic rings. The van der Waals surface area contributed by atoms with E-state index in [1.807, 2.05) is 0 Å². The van der Waals surface area contributed by atoms with Crippen molar-refractivity contribution in [1.29, 1.82) is 0 Å². The average molecular weight is 328 g/mol. The highest BCUT2D eigenvalue weighted by molar-refractivity contribution is 6.08. The molecule has 0 aromatic carbocycles. The fourth-order valence-electron chi connectivity index (χ4n) is 4.81. The van der Waals surface area contributed by atoms with Gasteiger partial charge in [-0.15, -0.1) is 0 Å². The van der Waals surface area contributed by atoms with Crippen LogP contribution in [0.1, 0.15) is 38.5 Å². The lowest BCUT2D eigenvalue weighted by Crippen LogP contribution is -2.42. The summed E-state index contributed by atoms with van der Waals surface area (Å²) in [7, 11) is 0. The quantitative estimate of drug-likeness (QED) is 0.618. The van der Waals surface area contributed by atoms with Crippen molar-refractivity contribution in [1.82, 2.24) is 10.2 Å². The van der Waals surface area contributed by atoms with Crippen LogP contribution >= 0.6 is 0 Å². The molecular formula is C19H24N2O3. The van der Waals surface area contributed by atoms with Crippen molar-refractivity contribution in [3.8, 4) is 0 Å². The third-order valence-corrected chi connectivity index (χ3v) is 6.02. The van der Waals surface area contributed by atoms with Crippen LogP contribution in [-0.4, -0.2) is 35.7 Å². The van der Waals surface area contributed by atoms with E-state index in [-0.39, 0.29) is 47.9 Å². The first-order valence-electron chi connectivity index (χ1n) is 9.13. The number of imide groups is 1. The summed E-state index contributed by atoms with van der Waals surface area (Å²) in [6.45, 7) is 0.462. The second-order valence-electron chi connectivity index (χ2n) is 7.47. The summed E-state index contributed by atoms with van der Waals surface area (Å²) < 4.78 is 0. The van der Waals surface area contributed by atoms with Crippen LogP contribution in [0.4, 0.5) is 0 Å². The van der Waals surface area contributed by atoms with Gasteiger partial charge in [-0.3, -0.25) is 19.3 Å². The fourth-order valence-corrected chi connectivity index (χ4v) is 4.81. The standard InChI is InChI=1S/C19H24N2O3/c22-15(20-9-8-12-4-2-1-3-5-12)11-21-18(23)16-13-6-7-14(10-13)17(16)19(21)24/h4,6-7,13-14,16-17H,1-3,5,8-11H2,(H,20,22)/t13-,14+,16-,17-/m0/s1. The molecule has 1 saturated carbocycles. The van der Waals surface area contributed by atoms with E-state index in [0.29, 0.717) is 6.54 Å². The predicted octanol–water partition coefficient (Wildman–Crippen LogP) is 1.80. The maximum atomic E-state index is 12.5. The summed E-state index contributed by atoms with van der Waals surface area (Å²) in [5.74, 6) is -0.557. The van der Waals surface area contributed by atoms with Crippen molar-refractivity contribution in [3.63, 3.8) is 0 Å². The zero-order valence-electron chi connectivity index (χ0n) is 13.9. The Labute approximate surface area is 142 Å². The number of amides is 3. The second kappa shape index (κ2) is 6.19. The topological polar surface area (TPSA) is 66.5 Å². The number of likely N-dealkylation sites (tertiary alicyclic amines) is 1. The lowest BCUT2D eigenvalue weighted by atomic mass is 9.85. The van der Waals surface area contributed by atoms with Gasteiger partial charge in [0.15, 0.2) is 0 Å². The van der Waals surface area contributed by atoms with Crippen LogP contribution in [-0.2, 0) is 14.4 Å². The molecule has 4 aliphatic rings. The highest BCUT2D eigenvalue weighted by Crippen LogP contribution is 2.52. The molecule has 4 atom stereocenters. The Bertz CT molecular complexity index is 607. The van der Waals surface area contributed by atoms with Gasteiger partial charge in [0.05, 0.1) is 11.8 Å². The Morgan fingerprint density at radius 1 is 1.12 bits per heavy atom. The van der Waals surface area contributed by atoms with Crippen molar-refractivity contribution in [2.24, 2.45) is 23.7 Å². The smallest absolute Gasteiger partial charge is 0.240 e. The summed E-state index contributed by atoms with van der Waals surface area (Å²) >= 11 is 0. The summed E-state index contributed by atoms with van der Waals surface area (Å²) in [5.41, 5.74) is 1.41. The minimum Gasteiger partial charge on any atom is -0.354 e. The van der Waals surface area contributed by atoms with Crippen LogP contribution in [0.2, 0.25) is 0 Å². The van der Waals surface area contributed by atoms with Crippen molar-refractivity contribution >= 4 is 17.7 Å². The van der Waals surface area contributed by atoms with Crippen LogP contribution < -0.4 is 5.32 Å². The molecule has 0 aromatic heterocycles. The average Bonchev–Trinajstić information content (AvgIpc) is 3.26. The van der Waals surface area contributed by atoms with Crippen molar-refractivity contribution in [2.45, 2.75) is 38.5 Å². The Morgan fingerprint density at radius 2 is 1.83 bits per heavy atom.